The van der Waals surface area contributed by atoms with E-state index in [1.54, 1.807) is 14.0 Å². The summed E-state index contributed by atoms with van der Waals surface area (Å²) in [7, 11) is 1.67. The fourth-order valence-corrected chi connectivity index (χ4v) is 4.26. The molecule has 0 unspecified atom stereocenters. The first kappa shape index (κ1) is 16.8. The molecule has 8 heteroatoms. The minimum Gasteiger partial charge on any atom is -0.477 e. The molecule has 2 amide bonds. The van der Waals surface area contributed by atoms with E-state index in [-0.39, 0.29) is 48.0 Å². The van der Waals surface area contributed by atoms with E-state index < -0.39 is 5.97 Å². The first-order valence-corrected chi connectivity index (χ1v) is 8.36. The summed E-state index contributed by atoms with van der Waals surface area (Å²) in [5, 5.41) is 14.9. The molecule has 2 rings (SSSR count). The molecule has 22 heavy (non-hydrogen) atoms. The van der Waals surface area contributed by atoms with Crippen LogP contribution >= 0.6 is 11.8 Å². The molecular formula is C14H21N3O4S. The molecule has 0 aromatic heterocycles. The van der Waals surface area contributed by atoms with Crippen LogP contribution in [0.4, 0.5) is 0 Å². The zero-order chi connectivity index (χ0) is 16.6. The van der Waals surface area contributed by atoms with Crippen molar-refractivity contribution in [2.45, 2.75) is 25.9 Å². The number of hydrogen-bond donors (Lipinski definition) is 3. The van der Waals surface area contributed by atoms with Crippen LogP contribution in [-0.4, -0.2) is 59.7 Å². The van der Waals surface area contributed by atoms with E-state index in [4.69, 9.17) is 0 Å². The predicted molar refractivity (Wildman–Crippen MR) is 83.0 cm³/mol. The van der Waals surface area contributed by atoms with Gasteiger partial charge in [-0.25, -0.2) is 4.79 Å². The maximum Gasteiger partial charge on any atom is 0.353 e. The van der Waals surface area contributed by atoms with Crippen LogP contribution in [0.25, 0.3) is 0 Å². The van der Waals surface area contributed by atoms with Gasteiger partial charge in [-0.3, -0.25) is 9.59 Å². The van der Waals surface area contributed by atoms with E-state index in [9.17, 15) is 19.5 Å². The summed E-state index contributed by atoms with van der Waals surface area (Å²) in [6.07, 6.45) is 1.82. The Morgan fingerprint density at radius 1 is 1.45 bits per heavy atom. The zero-order valence-corrected chi connectivity index (χ0v) is 13.9. The van der Waals surface area contributed by atoms with E-state index in [1.807, 2.05) is 13.2 Å². The highest BCUT2D eigenvalue weighted by Crippen LogP contribution is 2.49. The fourth-order valence-electron chi connectivity index (χ4n) is 3.37. The van der Waals surface area contributed by atoms with Crippen LogP contribution in [0.5, 0.6) is 0 Å². The monoisotopic (exact) mass is 327 g/mol. The quantitative estimate of drug-likeness (QED) is 0.587. The smallest absolute Gasteiger partial charge is 0.353 e. The van der Waals surface area contributed by atoms with Crippen LogP contribution in [0.1, 0.15) is 13.8 Å². The molecule has 3 N–H and O–H groups in total. The van der Waals surface area contributed by atoms with Gasteiger partial charge in [-0.2, -0.15) is 0 Å². The number of carbonyl (C=O) groups is 3. The Balaban J connectivity index is 2.17. The van der Waals surface area contributed by atoms with E-state index in [2.05, 4.69) is 10.6 Å². The molecule has 0 aliphatic carbocycles. The molecule has 2 aliphatic rings. The maximum atomic E-state index is 12.4. The lowest BCUT2D eigenvalue weighted by atomic mass is 9.78. The van der Waals surface area contributed by atoms with Crippen molar-refractivity contribution in [1.82, 2.24) is 15.5 Å². The second-order valence-electron chi connectivity index (χ2n) is 5.62. The van der Waals surface area contributed by atoms with Gasteiger partial charge >= 0.3 is 5.97 Å². The molecule has 4 atom stereocenters. The molecule has 0 saturated carbocycles. The number of carboxylic acid groups (broad SMARTS) is 1. The summed E-state index contributed by atoms with van der Waals surface area (Å²) >= 11 is 1.37. The van der Waals surface area contributed by atoms with Gasteiger partial charge in [0.15, 0.2) is 0 Å². The predicted octanol–water partition coefficient (Wildman–Crippen LogP) is -0.154. The number of carbonyl (C=O) groups excluding carboxylic acids is 2. The summed E-state index contributed by atoms with van der Waals surface area (Å²) in [6.45, 7) is 3.91. The molecule has 0 radical (unpaired) electrons. The number of thioether (sulfide) groups is 1. The summed E-state index contributed by atoms with van der Waals surface area (Å²) < 4.78 is 0. The highest BCUT2D eigenvalue weighted by Gasteiger charge is 2.60. The molecule has 1 fully saturated rings. The normalized spacial score (nSPS) is 28.3. The molecule has 0 bridgehead atoms. The van der Waals surface area contributed by atoms with Crippen molar-refractivity contribution < 1.29 is 19.5 Å². The van der Waals surface area contributed by atoms with Gasteiger partial charge in [-0.15, -0.1) is 11.8 Å². The molecular weight excluding hydrogens is 306 g/mol. The Kier molecular flexibility index (Phi) is 4.81. The lowest BCUT2D eigenvalue weighted by Gasteiger charge is -2.47. The van der Waals surface area contributed by atoms with Crippen LogP contribution in [-0.2, 0) is 14.4 Å². The average Bonchev–Trinajstić information content (AvgIpc) is 2.68. The van der Waals surface area contributed by atoms with Crippen molar-refractivity contribution in [2.24, 2.45) is 11.8 Å². The number of carboxylic acids is 1. The van der Waals surface area contributed by atoms with Gasteiger partial charge in [0.25, 0.3) is 0 Å². The molecule has 1 saturated heterocycles. The van der Waals surface area contributed by atoms with E-state index in [0.717, 1.165) is 4.91 Å². The van der Waals surface area contributed by atoms with Gasteiger partial charge in [0.2, 0.25) is 11.8 Å². The largest absolute Gasteiger partial charge is 0.477 e. The Morgan fingerprint density at radius 2 is 2.09 bits per heavy atom. The van der Waals surface area contributed by atoms with Crippen LogP contribution in [0.2, 0.25) is 0 Å². The van der Waals surface area contributed by atoms with E-state index >= 15 is 0 Å². The first-order valence-electron chi connectivity index (χ1n) is 7.13. The molecule has 2 heterocycles. The Morgan fingerprint density at radius 3 is 2.59 bits per heavy atom. The molecule has 2 aliphatic heterocycles. The van der Waals surface area contributed by atoms with E-state index in [1.165, 1.54) is 16.7 Å². The van der Waals surface area contributed by atoms with Crippen LogP contribution in [0.3, 0.4) is 0 Å². The highest BCUT2D eigenvalue weighted by molar-refractivity contribution is 8.02. The minimum atomic E-state index is -1.07. The first-order chi connectivity index (χ1) is 10.3. The second kappa shape index (κ2) is 6.29. The number of rotatable bonds is 6. The van der Waals surface area contributed by atoms with Crippen molar-refractivity contribution in [2.75, 3.05) is 19.8 Å². The Bertz CT molecular complexity index is 548. The van der Waals surface area contributed by atoms with Crippen molar-refractivity contribution in [3.8, 4) is 0 Å². The number of nitrogens with zero attached hydrogens (tertiary/aromatic N) is 1. The number of fused-ring (bicyclic) bond motifs is 1. The average molecular weight is 327 g/mol. The summed E-state index contributed by atoms with van der Waals surface area (Å²) in [4.78, 5) is 37.6. The van der Waals surface area contributed by atoms with Gasteiger partial charge in [0, 0.05) is 16.9 Å². The Labute approximate surface area is 133 Å². The van der Waals surface area contributed by atoms with Gasteiger partial charge in [0.05, 0.1) is 18.5 Å². The summed E-state index contributed by atoms with van der Waals surface area (Å²) in [5.74, 6) is -1.89. The molecule has 122 valence electrons. The lowest BCUT2D eigenvalue weighted by molar-refractivity contribution is -0.158. The number of aliphatic carboxylic acids is 1. The van der Waals surface area contributed by atoms with Crippen molar-refractivity contribution in [1.29, 1.82) is 0 Å². The van der Waals surface area contributed by atoms with Gasteiger partial charge in [-0.1, -0.05) is 6.92 Å². The topological polar surface area (TPSA) is 98.7 Å². The number of likely N-dealkylation sites (N-methyl/N-ethyl adjacent to an activating group) is 1. The van der Waals surface area contributed by atoms with E-state index in [0.29, 0.717) is 0 Å². The molecule has 0 spiro atoms. The number of β-lactam (4-membered cyclic amide) rings is 1. The van der Waals surface area contributed by atoms with Gasteiger partial charge in [0.1, 0.15) is 5.70 Å². The third-order valence-corrected chi connectivity index (χ3v) is 5.28. The third kappa shape index (κ3) is 2.50. The number of amides is 2. The van der Waals surface area contributed by atoms with Crippen molar-refractivity contribution in [3.63, 3.8) is 0 Å². The molecule has 7 nitrogen and oxygen atoms in total. The Hall–Kier alpha value is -1.54. The van der Waals surface area contributed by atoms with Crippen molar-refractivity contribution in [3.05, 3.63) is 10.6 Å². The number of hydrogen-bond acceptors (Lipinski definition) is 5. The van der Waals surface area contributed by atoms with Crippen molar-refractivity contribution >= 4 is 29.5 Å². The van der Waals surface area contributed by atoms with Gasteiger partial charge < -0.3 is 20.6 Å². The molecule has 0 aromatic rings. The summed E-state index contributed by atoms with van der Waals surface area (Å²) in [6, 6.07) is -0.515. The van der Waals surface area contributed by atoms with Gasteiger partial charge in [-0.05, 0) is 20.2 Å². The molecule has 0 aromatic carbocycles. The minimum absolute atomic E-state index is 0.0348. The van der Waals surface area contributed by atoms with Crippen LogP contribution in [0, 0.1) is 11.8 Å². The fraction of sp³-hybridized carbons (Fsp3) is 0.643. The zero-order valence-electron chi connectivity index (χ0n) is 13.0. The highest BCUT2D eigenvalue weighted by atomic mass is 32.2. The lowest BCUT2D eigenvalue weighted by Crippen LogP contribution is -2.66. The van der Waals surface area contributed by atoms with Crippen LogP contribution < -0.4 is 10.6 Å². The maximum absolute atomic E-state index is 12.4. The SMILES string of the molecule is CNCC(=O)N[C@H](C)[C@H]1C(=O)N2C(C(=O)O)=C(SC)[C@H](C)[C@H]12. The third-order valence-electron chi connectivity index (χ3n) is 4.28. The standard InChI is InChI=1S/C14H21N3O4S/c1-6-10-9(7(2)16-8(18)5-15-3)13(19)17(10)11(14(20)21)12(6)22-4/h6-7,9-10,15H,5H2,1-4H3,(H,16,18)(H,20,21)/t6-,7-,9-,10-/m1/s1. The summed E-state index contributed by atoms with van der Waals surface area (Å²) in [5.41, 5.74) is 0.0972. The number of nitrogens with one attached hydrogen (secondary N) is 2. The van der Waals surface area contributed by atoms with Crippen LogP contribution in [0.15, 0.2) is 10.6 Å². The second-order valence-corrected chi connectivity index (χ2v) is 6.47.